The lowest BCUT2D eigenvalue weighted by Gasteiger charge is -2.11. The summed E-state index contributed by atoms with van der Waals surface area (Å²) in [6, 6.07) is 10.7. The van der Waals surface area contributed by atoms with Gasteiger partial charge in [-0.2, -0.15) is 5.26 Å². The van der Waals surface area contributed by atoms with E-state index in [9.17, 15) is 0 Å². The number of nitrogens with zero attached hydrogens (tertiary/aromatic N) is 2. The molecule has 0 spiro atoms. The van der Waals surface area contributed by atoms with Crippen LogP contribution in [-0.4, -0.2) is 11.6 Å². The molecule has 0 aliphatic rings. The average Bonchev–Trinajstić information content (AvgIpc) is 2.43. The number of aromatic nitrogens is 1. The van der Waals surface area contributed by atoms with E-state index in [0.29, 0.717) is 23.7 Å². The molecule has 0 aliphatic heterocycles. The van der Waals surface area contributed by atoms with E-state index in [2.05, 4.69) is 4.98 Å². The largest absolute Gasteiger partial charge is 0.490 e. The van der Waals surface area contributed by atoms with Gasteiger partial charge in [0, 0.05) is 6.20 Å². The first-order valence-electron chi connectivity index (χ1n) is 5.70. The summed E-state index contributed by atoms with van der Waals surface area (Å²) in [6.45, 7) is 2.41. The maximum absolute atomic E-state index is 8.91. The maximum atomic E-state index is 8.91. The van der Waals surface area contributed by atoms with Crippen LogP contribution in [0.25, 0.3) is 0 Å². The zero-order valence-corrected chi connectivity index (χ0v) is 11.0. The second-order valence-corrected chi connectivity index (χ2v) is 3.95. The summed E-state index contributed by atoms with van der Waals surface area (Å²) in [6.07, 6.45) is 1.48. The van der Waals surface area contributed by atoms with Crippen LogP contribution in [0.1, 0.15) is 12.5 Å². The Morgan fingerprint density at radius 2 is 2.00 bits per heavy atom. The number of halogens is 1. The van der Waals surface area contributed by atoms with E-state index in [1.54, 1.807) is 12.1 Å². The number of pyridine rings is 1. The van der Waals surface area contributed by atoms with Gasteiger partial charge in [-0.15, -0.1) is 0 Å². The highest BCUT2D eigenvalue weighted by molar-refractivity contribution is 6.33. The summed E-state index contributed by atoms with van der Waals surface area (Å²) < 4.78 is 11.1. The molecule has 4 nitrogen and oxygen atoms in total. The number of para-hydroxylation sites is 2. The van der Waals surface area contributed by atoms with Crippen molar-refractivity contribution >= 4 is 11.6 Å². The van der Waals surface area contributed by atoms with Gasteiger partial charge < -0.3 is 9.47 Å². The first-order chi connectivity index (χ1) is 9.26. The van der Waals surface area contributed by atoms with Crippen molar-refractivity contribution in [3.8, 4) is 23.4 Å². The van der Waals surface area contributed by atoms with Crippen molar-refractivity contribution in [2.45, 2.75) is 6.92 Å². The van der Waals surface area contributed by atoms with Gasteiger partial charge in [0.1, 0.15) is 11.1 Å². The van der Waals surface area contributed by atoms with E-state index >= 15 is 0 Å². The maximum Gasteiger partial charge on any atom is 0.239 e. The second kappa shape index (κ2) is 6.07. The molecular formula is C14H11ClN2O2. The molecule has 2 rings (SSSR count). The highest BCUT2D eigenvalue weighted by Crippen LogP contribution is 2.34. The highest BCUT2D eigenvalue weighted by atomic mass is 35.5. The summed E-state index contributed by atoms with van der Waals surface area (Å²) in [4.78, 5) is 4.02. The van der Waals surface area contributed by atoms with Crippen LogP contribution >= 0.6 is 11.6 Å². The van der Waals surface area contributed by atoms with Crippen LogP contribution in [0.4, 0.5) is 0 Å². The quantitative estimate of drug-likeness (QED) is 0.851. The fourth-order valence-electron chi connectivity index (χ4n) is 1.50. The Bertz CT molecular complexity index is 623. The monoisotopic (exact) mass is 274 g/mol. The van der Waals surface area contributed by atoms with E-state index in [4.69, 9.17) is 26.3 Å². The SMILES string of the molecule is CCOc1ccccc1Oc1nccc(C#N)c1Cl. The molecule has 0 bridgehead atoms. The van der Waals surface area contributed by atoms with E-state index in [1.807, 2.05) is 25.1 Å². The fraction of sp³-hybridized carbons (Fsp3) is 0.143. The first kappa shape index (κ1) is 13.2. The summed E-state index contributed by atoms with van der Waals surface area (Å²) in [5, 5.41) is 9.10. The van der Waals surface area contributed by atoms with Crippen molar-refractivity contribution in [1.29, 1.82) is 5.26 Å². The number of ether oxygens (including phenoxy) is 2. The van der Waals surface area contributed by atoms with Gasteiger partial charge in [0.05, 0.1) is 12.2 Å². The van der Waals surface area contributed by atoms with Gasteiger partial charge in [0.2, 0.25) is 5.88 Å². The Hall–Kier alpha value is -2.25. The molecule has 0 fully saturated rings. The molecule has 1 heterocycles. The summed E-state index contributed by atoms with van der Waals surface area (Å²) in [7, 11) is 0. The van der Waals surface area contributed by atoms with Crippen LogP contribution in [0.2, 0.25) is 5.02 Å². The third-order valence-corrected chi connectivity index (χ3v) is 2.70. The van der Waals surface area contributed by atoms with Crippen LogP contribution < -0.4 is 9.47 Å². The lowest BCUT2D eigenvalue weighted by Crippen LogP contribution is -1.96. The Morgan fingerprint density at radius 3 is 2.68 bits per heavy atom. The Balaban J connectivity index is 2.34. The minimum Gasteiger partial charge on any atom is -0.490 e. The number of hydrogen-bond donors (Lipinski definition) is 0. The molecule has 19 heavy (non-hydrogen) atoms. The van der Waals surface area contributed by atoms with Crippen LogP contribution in [0.15, 0.2) is 36.5 Å². The molecule has 0 atom stereocenters. The average molecular weight is 275 g/mol. The van der Waals surface area contributed by atoms with Gasteiger partial charge in [-0.05, 0) is 25.1 Å². The lowest BCUT2D eigenvalue weighted by atomic mass is 10.3. The zero-order valence-electron chi connectivity index (χ0n) is 10.3. The topological polar surface area (TPSA) is 55.1 Å². The smallest absolute Gasteiger partial charge is 0.239 e. The van der Waals surface area contributed by atoms with Crippen molar-refractivity contribution < 1.29 is 9.47 Å². The number of benzene rings is 1. The molecule has 0 unspecified atom stereocenters. The van der Waals surface area contributed by atoms with Crippen molar-refractivity contribution in [3.63, 3.8) is 0 Å². The van der Waals surface area contributed by atoms with E-state index in [0.717, 1.165) is 0 Å². The normalized spacial score (nSPS) is 9.74. The molecule has 2 aromatic rings. The molecule has 0 amide bonds. The van der Waals surface area contributed by atoms with Gasteiger partial charge in [0.15, 0.2) is 11.5 Å². The molecule has 0 N–H and O–H groups in total. The second-order valence-electron chi connectivity index (χ2n) is 3.57. The van der Waals surface area contributed by atoms with Gasteiger partial charge in [-0.25, -0.2) is 4.98 Å². The standard InChI is InChI=1S/C14H11ClN2O2/c1-2-18-11-5-3-4-6-12(11)19-14-13(15)10(9-16)7-8-17-14/h3-8H,2H2,1H3. The third kappa shape index (κ3) is 2.95. The van der Waals surface area contributed by atoms with Crippen molar-refractivity contribution in [1.82, 2.24) is 4.98 Å². The lowest BCUT2D eigenvalue weighted by molar-refractivity contribution is 0.319. The Morgan fingerprint density at radius 1 is 1.26 bits per heavy atom. The molecule has 1 aromatic heterocycles. The zero-order chi connectivity index (χ0) is 13.7. The van der Waals surface area contributed by atoms with Gasteiger partial charge in [0.25, 0.3) is 0 Å². The molecule has 0 aliphatic carbocycles. The van der Waals surface area contributed by atoms with Crippen molar-refractivity contribution in [2.75, 3.05) is 6.61 Å². The van der Waals surface area contributed by atoms with Crippen LogP contribution in [-0.2, 0) is 0 Å². The highest BCUT2D eigenvalue weighted by Gasteiger charge is 2.12. The minimum absolute atomic E-state index is 0.188. The van der Waals surface area contributed by atoms with Crippen LogP contribution in [0, 0.1) is 11.3 Å². The van der Waals surface area contributed by atoms with Gasteiger partial charge in [-0.1, -0.05) is 23.7 Å². The molecule has 0 radical (unpaired) electrons. The fourth-order valence-corrected chi connectivity index (χ4v) is 1.69. The molecule has 5 heteroatoms. The van der Waals surface area contributed by atoms with Crippen LogP contribution in [0.5, 0.6) is 17.4 Å². The predicted molar refractivity (Wildman–Crippen MR) is 71.6 cm³/mol. The Kier molecular flexibility index (Phi) is 4.22. The van der Waals surface area contributed by atoms with Gasteiger partial charge >= 0.3 is 0 Å². The summed E-state index contributed by atoms with van der Waals surface area (Å²) in [5.41, 5.74) is 0.320. The Labute approximate surface area is 116 Å². The molecule has 96 valence electrons. The molecule has 1 aromatic carbocycles. The van der Waals surface area contributed by atoms with Gasteiger partial charge in [-0.3, -0.25) is 0 Å². The van der Waals surface area contributed by atoms with E-state index < -0.39 is 0 Å². The minimum atomic E-state index is 0.188. The van der Waals surface area contributed by atoms with E-state index in [-0.39, 0.29) is 10.9 Å². The molecule has 0 saturated heterocycles. The number of nitriles is 1. The van der Waals surface area contributed by atoms with E-state index in [1.165, 1.54) is 12.3 Å². The first-order valence-corrected chi connectivity index (χ1v) is 6.08. The van der Waals surface area contributed by atoms with Crippen molar-refractivity contribution in [3.05, 3.63) is 47.1 Å². The molecule has 0 saturated carbocycles. The summed E-state index contributed by atoms with van der Waals surface area (Å²) in [5.74, 6) is 1.30. The summed E-state index contributed by atoms with van der Waals surface area (Å²) >= 11 is 6.04. The van der Waals surface area contributed by atoms with Crippen molar-refractivity contribution in [2.24, 2.45) is 0 Å². The number of hydrogen-bond acceptors (Lipinski definition) is 4. The molecular weight excluding hydrogens is 264 g/mol. The predicted octanol–water partition coefficient (Wildman–Crippen LogP) is 3.80. The third-order valence-electron chi connectivity index (χ3n) is 2.33. The number of rotatable bonds is 4. The van der Waals surface area contributed by atoms with Crippen LogP contribution in [0.3, 0.4) is 0 Å².